The summed E-state index contributed by atoms with van der Waals surface area (Å²) < 4.78 is 5.06. The summed E-state index contributed by atoms with van der Waals surface area (Å²) in [6, 6.07) is 11.6. The highest BCUT2D eigenvalue weighted by Crippen LogP contribution is 2.27. The van der Waals surface area contributed by atoms with Crippen molar-refractivity contribution >= 4 is 40.9 Å². The van der Waals surface area contributed by atoms with Gasteiger partial charge in [-0.05, 0) is 67.1 Å². The molecular weight excluding hydrogens is 370 g/mol. The highest BCUT2D eigenvalue weighted by atomic mass is 35.5. The Morgan fingerprint density at radius 3 is 2.81 bits per heavy atom. The van der Waals surface area contributed by atoms with Gasteiger partial charge in [0.2, 0.25) is 0 Å². The molecule has 0 saturated heterocycles. The van der Waals surface area contributed by atoms with Gasteiger partial charge in [-0.25, -0.2) is 0 Å². The van der Waals surface area contributed by atoms with E-state index in [0.717, 1.165) is 23.3 Å². The Kier molecular flexibility index (Phi) is 6.22. The second kappa shape index (κ2) is 8.60. The van der Waals surface area contributed by atoms with Gasteiger partial charge in [0.15, 0.2) is 6.61 Å². The Labute approximate surface area is 162 Å². The predicted octanol–water partition coefficient (Wildman–Crippen LogP) is 4.41. The molecule has 1 aliphatic rings. The van der Waals surface area contributed by atoms with Gasteiger partial charge in [-0.1, -0.05) is 23.7 Å². The molecule has 0 atom stereocenters. The first-order valence-corrected chi connectivity index (χ1v) is 9.84. The maximum absolute atomic E-state index is 11.9. The molecule has 0 unspecified atom stereocenters. The first-order valence-electron chi connectivity index (χ1n) is 8.47. The second-order valence-corrected chi connectivity index (χ2v) is 7.73. The lowest BCUT2D eigenvalue weighted by Crippen LogP contribution is -2.22. The summed E-state index contributed by atoms with van der Waals surface area (Å²) in [6.07, 6.45) is 3.45. The van der Waals surface area contributed by atoms with Crippen LogP contribution in [0, 0.1) is 6.92 Å². The fraction of sp³-hybridized carbons (Fsp3) is 0.300. The van der Waals surface area contributed by atoms with Crippen LogP contribution >= 0.6 is 23.4 Å². The van der Waals surface area contributed by atoms with E-state index in [1.54, 1.807) is 12.1 Å². The zero-order chi connectivity index (χ0) is 18.5. The Morgan fingerprint density at radius 1 is 1.15 bits per heavy atom. The van der Waals surface area contributed by atoms with Crippen molar-refractivity contribution in [1.82, 2.24) is 0 Å². The van der Waals surface area contributed by atoms with Crippen LogP contribution in [0.3, 0.4) is 0 Å². The lowest BCUT2D eigenvalue weighted by atomic mass is 10.1. The maximum Gasteiger partial charge on any atom is 0.316 e. The molecule has 0 aliphatic heterocycles. The average Bonchev–Trinajstić information content (AvgIpc) is 3.09. The number of benzene rings is 2. The van der Waals surface area contributed by atoms with Crippen LogP contribution in [0.25, 0.3) is 0 Å². The number of anilines is 1. The number of rotatable bonds is 6. The number of amides is 1. The Balaban J connectivity index is 1.43. The van der Waals surface area contributed by atoms with Crippen molar-refractivity contribution in [2.24, 2.45) is 0 Å². The minimum atomic E-state index is -0.409. The minimum absolute atomic E-state index is 0.183. The molecule has 2 aromatic rings. The van der Waals surface area contributed by atoms with Crippen LogP contribution in [0.2, 0.25) is 5.02 Å². The monoisotopic (exact) mass is 389 g/mol. The summed E-state index contributed by atoms with van der Waals surface area (Å²) in [6.45, 7) is 1.56. The fourth-order valence-corrected chi connectivity index (χ4v) is 3.81. The van der Waals surface area contributed by atoms with Gasteiger partial charge in [0.1, 0.15) is 0 Å². The SMILES string of the molecule is Cc1ccc(Cl)cc1NC(=O)COC(=O)CSc1ccc2c(c1)CCC2. The van der Waals surface area contributed by atoms with Gasteiger partial charge in [-0.3, -0.25) is 9.59 Å². The van der Waals surface area contributed by atoms with Crippen LogP contribution < -0.4 is 5.32 Å². The molecule has 136 valence electrons. The molecule has 0 spiro atoms. The molecule has 4 nitrogen and oxygen atoms in total. The van der Waals surface area contributed by atoms with Crippen molar-refractivity contribution < 1.29 is 14.3 Å². The molecule has 26 heavy (non-hydrogen) atoms. The van der Waals surface area contributed by atoms with Crippen LogP contribution in [0.5, 0.6) is 0 Å². The van der Waals surface area contributed by atoms with Crippen LogP contribution in [0.1, 0.15) is 23.1 Å². The number of nitrogens with one attached hydrogen (secondary N) is 1. The normalized spacial score (nSPS) is 12.5. The zero-order valence-corrected chi connectivity index (χ0v) is 16.1. The van der Waals surface area contributed by atoms with Crippen LogP contribution in [-0.4, -0.2) is 24.2 Å². The molecule has 1 amide bonds. The Bertz CT molecular complexity index is 838. The number of hydrogen-bond donors (Lipinski definition) is 1. The van der Waals surface area contributed by atoms with E-state index < -0.39 is 5.97 Å². The largest absolute Gasteiger partial charge is 0.455 e. The van der Waals surface area contributed by atoms with E-state index in [2.05, 4.69) is 17.4 Å². The van der Waals surface area contributed by atoms with Crippen LogP contribution in [-0.2, 0) is 27.2 Å². The topological polar surface area (TPSA) is 55.4 Å². The smallest absolute Gasteiger partial charge is 0.316 e. The van der Waals surface area contributed by atoms with Gasteiger partial charge in [0, 0.05) is 15.6 Å². The number of ether oxygens (including phenoxy) is 1. The third-order valence-electron chi connectivity index (χ3n) is 4.26. The molecule has 0 heterocycles. The molecule has 3 rings (SSSR count). The number of esters is 1. The predicted molar refractivity (Wildman–Crippen MR) is 105 cm³/mol. The third-order valence-corrected chi connectivity index (χ3v) is 5.47. The van der Waals surface area contributed by atoms with Crippen molar-refractivity contribution in [1.29, 1.82) is 0 Å². The zero-order valence-electron chi connectivity index (χ0n) is 14.5. The van der Waals surface area contributed by atoms with E-state index in [-0.39, 0.29) is 18.3 Å². The number of aryl methyl sites for hydroxylation is 3. The van der Waals surface area contributed by atoms with Crippen LogP contribution in [0.4, 0.5) is 5.69 Å². The summed E-state index contributed by atoms with van der Waals surface area (Å²) in [4.78, 5) is 24.9. The first-order chi connectivity index (χ1) is 12.5. The van der Waals surface area contributed by atoms with Gasteiger partial charge in [-0.15, -0.1) is 11.8 Å². The molecule has 0 aromatic heterocycles. The van der Waals surface area contributed by atoms with Gasteiger partial charge in [0.25, 0.3) is 5.91 Å². The standard InChI is InChI=1S/C20H20ClNO3S/c1-13-5-7-16(21)10-18(13)22-19(23)11-25-20(24)12-26-17-8-6-14-3-2-4-15(14)9-17/h5-10H,2-4,11-12H2,1H3,(H,22,23). The number of thioether (sulfide) groups is 1. The first kappa shape index (κ1) is 18.8. The Morgan fingerprint density at radius 2 is 1.96 bits per heavy atom. The van der Waals surface area contributed by atoms with E-state index >= 15 is 0 Å². The quantitative estimate of drug-likeness (QED) is 0.587. The Hall–Kier alpha value is -1.98. The van der Waals surface area contributed by atoms with Gasteiger partial charge in [-0.2, -0.15) is 0 Å². The molecular formula is C20H20ClNO3S. The van der Waals surface area contributed by atoms with E-state index in [1.165, 1.54) is 29.3 Å². The lowest BCUT2D eigenvalue weighted by Gasteiger charge is -2.09. The molecule has 1 aliphatic carbocycles. The highest BCUT2D eigenvalue weighted by Gasteiger charge is 2.13. The van der Waals surface area contributed by atoms with Crippen molar-refractivity contribution in [2.75, 3.05) is 17.7 Å². The minimum Gasteiger partial charge on any atom is -0.455 e. The average molecular weight is 390 g/mol. The fourth-order valence-electron chi connectivity index (χ4n) is 2.88. The van der Waals surface area contributed by atoms with Gasteiger partial charge in [0.05, 0.1) is 5.75 Å². The number of hydrogen-bond acceptors (Lipinski definition) is 4. The second-order valence-electron chi connectivity index (χ2n) is 6.24. The summed E-state index contributed by atoms with van der Waals surface area (Å²) in [5, 5.41) is 3.24. The van der Waals surface area contributed by atoms with Gasteiger partial charge >= 0.3 is 5.97 Å². The number of halogens is 1. The third kappa shape index (κ3) is 5.02. The molecule has 0 radical (unpaired) electrons. The maximum atomic E-state index is 11.9. The van der Waals surface area contributed by atoms with E-state index in [4.69, 9.17) is 16.3 Å². The van der Waals surface area contributed by atoms with Crippen molar-refractivity contribution in [3.8, 4) is 0 Å². The van der Waals surface area contributed by atoms with Crippen molar-refractivity contribution in [2.45, 2.75) is 31.1 Å². The summed E-state index contributed by atoms with van der Waals surface area (Å²) in [5.41, 5.74) is 4.29. The number of carbonyl (C=O) groups is 2. The molecule has 6 heteroatoms. The molecule has 1 N–H and O–H groups in total. The van der Waals surface area contributed by atoms with Crippen molar-refractivity contribution in [3.63, 3.8) is 0 Å². The van der Waals surface area contributed by atoms with E-state index in [1.807, 2.05) is 19.1 Å². The number of carbonyl (C=O) groups excluding carboxylic acids is 2. The van der Waals surface area contributed by atoms with E-state index in [0.29, 0.717) is 10.7 Å². The highest BCUT2D eigenvalue weighted by molar-refractivity contribution is 8.00. The van der Waals surface area contributed by atoms with E-state index in [9.17, 15) is 9.59 Å². The van der Waals surface area contributed by atoms with Crippen LogP contribution in [0.15, 0.2) is 41.3 Å². The molecule has 0 saturated carbocycles. The summed E-state index contributed by atoms with van der Waals surface area (Å²) >= 11 is 7.35. The molecule has 0 bridgehead atoms. The summed E-state index contributed by atoms with van der Waals surface area (Å²) in [7, 11) is 0. The van der Waals surface area contributed by atoms with Gasteiger partial charge < -0.3 is 10.1 Å². The molecule has 2 aromatic carbocycles. The summed E-state index contributed by atoms with van der Waals surface area (Å²) in [5.74, 6) is -0.609. The van der Waals surface area contributed by atoms with Crippen molar-refractivity contribution in [3.05, 3.63) is 58.1 Å². The molecule has 0 fully saturated rings. The number of fused-ring (bicyclic) bond motifs is 1. The lowest BCUT2D eigenvalue weighted by molar-refractivity contribution is -0.144.